The molecule has 0 aromatic rings. The van der Waals surface area contributed by atoms with Crippen LogP contribution < -0.4 is 5.73 Å². The molecule has 0 radical (unpaired) electrons. The van der Waals surface area contributed by atoms with Crippen LogP contribution in [0.5, 0.6) is 0 Å². The average molecular weight is 242 g/mol. The van der Waals surface area contributed by atoms with Gasteiger partial charge in [0.15, 0.2) is 0 Å². The first kappa shape index (κ1) is 16.4. The zero-order valence-corrected chi connectivity index (χ0v) is 12.3. The summed E-state index contributed by atoms with van der Waals surface area (Å²) in [7, 11) is 1.91. The Morgan fingerprint density at radius 2 is 1.71 bits per heavy atom. The van der Waals surface area contributed by atoms with Gasteiger partial charge in [0, 0.05) is 19.6 Å². The van der Waals surface area contributed by atoms with Gasteiger partial charge < -0.3 is 10.6 Å². The van der Waals surface area contributed by atoms with Crippen molar-refractivity contribution in [3.63, 3.8) is 0 Å². The molecule has 0 aliphatic carbocycles. The van der Waals surface area contributed by atoms with Crippen LogP contribution >= 0.6 is 0 Å². The molecule has 1 atom stereocenters. The summed E-state index contributed by atoms with van der Waals surface area (Å²) in [4.78, 5) is 14.5. The molecule has 0 spiro atoms. The summed E-state index contributed by atoms with van der Waals surface area (Å²) in [6.07, 6.45) is 4.81. The maximum Gasteiger partial charge on any atom is 0.230 e. The van der Waals surface area contributed by atoms with Gasteiger partial charge in [-0.25, -0.2) is 0 Å². The number of carbonyl (C=O) groups is 1. The van der Waals surface area contributed by atoms with Crippen molar-refractivity contribution in [2.45, 2.75) is 65.8 Å². The summed E-state index contributed by atoms with van der Waals surface area (Å²) >= 11 is 0. The summed E-state index contributed by atoms with van der Waals surface area (Å²) in [5.74, 6) is 0.234. The Morgan fingerprint density at radius 1 is 1.24 bits per heavy atom. The quantitative estimate of drug-likeness (QED) is 0.711. The van der Waals surface area contributed by atoms with Crippen molar-refractivity contribution in [2.24, 2.45) is 11.1 Å². The van der Waals surface area contributed by atoms with E-state index in [4.69, 9.17) is 5.73 Å². The van der Waals surface area contributed by atoms with E-state index in [2.05, 4.69) is 27.7 Å². The summed E-state index contributed by atoms with van der Waals surface area (Å²) in [6.45, 7) is 8.91. The molecule has 0 aromatic heterocycles. The van der Waals surface area contributed by atoms with E-state index in [0.717, 1.165) is 32.1 Å². The molecule has 17 heavy (non-hydrogen) atoms. The molecule has 102 valence electrons. The zero-order chi connectivity index (χ0) is 13.5. The predicted molar refractivity (Wildman–Crippen MR) is 73.8 cm³/mol. The summed E-state index contributed by atoms with van der Waals surface area (Å²) in [5, 5.41) is 0. The van der Waals surface area contributed by atoms with Crippen LogP contribution in [0.3, 0.4) is 0 Å². The number of rotatable bonds is 8. The van der Waals surface area contributed by atoms with Gasteiger partial charge in [0.2, 0.25) is 5.91 Å². The third kappa shape index (κ3) is 3.98. The smallest absolute Gasteiger partial charge is 0.230 e. The van der Waals surface area contributed by atoms with E-state index in [-0.39, 0.29) is 11.3 Å². The third-order valence-electron chi connectivity index (χ3n) is 3.87. The highest BCUT2D eigenvalue weighted by atomic mass is 16.2. The van der Waals surface area contributed by atoms with Crippen LogP contribution in [0.1, 0.15) is 59.8 Å². The molecule has 1 unspecified atom stereocenters. The molecule has 0 aliphatic heterocycles. The number of carbonyl (C=O) groups excluding carboxylic acids is 1. The molecule has 0 saturated carbocycles. The molecule has 2 N–H and O–H groups in total. The van der Waals surface area contributed by atoms with E-state index in [9.17, 15) is 4.79 Å². The highest BCUT2D eigenvalue weighted by Crippen LogP contribution is 2.31. The summed E-state index contributed by atoms with van der Waals surface area (Å²) in [5.41, 5.74) is 5.58. The van der Waals surface area contributed by atoms with Gasteiger partial charge in [-0.15, -0.1) is 0 Å². The molecule has 0 saturated heterocycles. The van der Waals surface area contributed by atoms with Gasteiger partial charge in [-0.05, 0) is 26.2 Å². The molecule has 0 aromatic carbocycles. The Kier molecular flexibility index (Phi) is 7.44. The van der Waals surface area contributed by atoms with Crippen molar-refractivity contribution < 1.29 is 4.79 Å². The van der Waals surface area contributed by atoms with E-state index in [1.807, 2.05) is 11.9 Å². The lowest BCUT2D eigenvalue weighted by Crippen LogP contribution is -2.49. The Bertz CT molecular complexity index is 222. The van der Waals surface area contributed by atoms with Crippen LogP contribution in [-0.4, -0.2) is 30.4 Å². The minimum absolute atomic E-state index is 0.234. The van der Waals surface area contributed by atoms with E-state index in [1.165, 1.54) is 0 Å². The average Bonchev–Trinajstić information content (AvgIpc) is 2.35. The first-order valence-electron chi connectivity index (χ1n) is 6.96. The Morgan fingerprint density at radius 3 is 2.00 bits per heavy atom. The fraction of sp³-hybridized carbons (Fsp3) is 0.929. The van der Waals surface area contributed by atoms with Crippen molar-refractivity contribution in [2.75, 3.05) is 13.6 Å². The van der Waals surface area contributed by atoms with E-state index in [0.29, 0.717) is 12.6 Å². The van der Waals surface area contributed by atoms with E-state index in [1.54, 1.807) is 0 Å². The van der Waals surface area contributed by atoms with Crippen LogP contribution in [-0.2, 0) is 4.79 Å². The Balaban J connectivity index is 4.95. The maximum atomic E-state index is 12.6. The Labute approximate surface area is 107 Å². The van der Waals surface area contributed by atoms with Crippen LogP contribution in [0.15, 0.2) is 0 Å². The monoisotopic (exact) mass is 242 g/mol. The number of hydrogen-bond donors (Lipinski definition) is 1. The molecular weight excluding hydrogens is 212 g/mol. The lowest BCUT2D eigenvalue weighted by molar-refractivity contribution is -0.143. The van der Waals surface area contributed by atoms with Gasteiger partial charge in [-0.1, -0.05) is 33.6 Å². The second-order valence-corrected chi connectivity index (χ2v) is 5.16. The fourth-order valence-corrected chi connectivity index (χ4v) is 2.44. The molecule has 0 rings (SSSR count). The minimum Gasteiger partial charge on any atom is -0.343 e. The van der Waals surface area contributed by atoms with Gasteiger partial charge in [-0.3, -0.25) is 4.79 Å². The normalized spacial score (nSPS) is 13.5. The highest BCUT2D eigenvalue weighted by molar-refractivity contribution is 5.83. The lowest BCUT2D eigenvalue weighted by Gasteiger charge is -2.37. The molecule has 1 amide bonds. The first-order chi connectivity index (χ1) is 7.98. The molecule has 0 heterocycles. The van der Waals surface area contributed by atoms with Gasteiger partial charge in [0.1, 0.15) is 0 Å². The van der Waals surface area contributed by atoms with Crippen molar-refractivity contribution in [1.82, 2.24) is 4.90 Å². The second kappa shape index (κ2) is 7.70. The predicted octanol–water partition coefficient (Wildman–Crippen LogP) is 2.79. The van der Waals surface area contributed by atoms with Crippen LogP contribution in [0, 0.1) is 5.41 Å². The second-order valence-electron chi connectivity index (χ2n) is 5.16. The van der Waals surface area contributed by atoms with Crippen LogP contribution in [0.2, 0.25) is 0 Å². The topological polar surface area (TPSA) is 46.3 Å². The van der Waals surface area contributed by atoms with Gasteiger partial charge in [0.25, 0.3) is 0 Å². The standard InChI is InChI=1S/C14H30N2O/c1-6-9-14(11-15,10-7-2)13(17)16(5)12(4)8-3/h12H,6-11,15H2,1-5H3. The lowest BCUT2D eigenvalue weighted by atomic mass is 9.77. The van der Waals surface area contributed by atoms with Crippen LogP contribution in [0.25, 0.3) is 0 Å². The number of amides is 1. The van der Waals surface area contributed by atoms with Crippen molar-refractivity contribution >= 4 is 5.91 Å². The van der Waals surface area contributed by atoms with Crippen molar-refractivity contribution in [3.8, 4) is 0 Å². The van der Waals surface area contributed by atoms with Gasteiger partial charge >= 0.3 is 0 Å². The number of nitrogens with zero attached hydrogens (tertiary/aromatic N) is 1. The number of nitrogens with two attached hydrogens (primary N) is 1. The Hall–Kier alpha value is -0.570. The maximum absolute atomic E-state index is 12.6. The van der Waals surface area contributed by atoms with Crippen molar-refractivity contribution in [3.05, 3.63) is 0 Å². The van der Waals surface area contributed by atoms with Gasteiger partial charge in [-0.2, -0.15) is 0 Å². The van der Waals surface area contributed by atoms with E-state index < -0.39 is 0 Å². The summed E-state index contributed by atoms with van der Waals surface area (Å²) < 4.78 is 0. The molecule has 3 nitrogen and oxygen atoms in total. The molecule has 0 bridgehead atoms. The molecular formula is C14H30N2O. The van der Waals surface area contributed by atoms with Crippen molar-refractivity contribution in [1.29, 1.82) is 0 Å². The molecule has 0 fully saturated rings. The van der Waals surface area contributed by atoms with Crippen LogP contribution in [0.4, 0.5) is 0 Å². The minimum atomic E-state index is -0.332. The largest absolute Gasteiger partial charge is 0.343 e. The third-order valence-corrected chi connectivity index (χ3v) is 3.87. The zero-order valence-electron chi connectivity index (χ0n) is 12.3. The van der Waals surface area contributed by atoms with E-state index >= 15 is 0 Å². The van der Waals surface area contributed by atoms with Gasteiger partial charge in [0.05, 0.1) is 5.41 Å². The summed E-state index contributed by atoms with van der Waals surface area (Å²) in [6, 6.07) is 0.294. The number of hydrogen-bond acceptors (Lipinski definition) is 2. The first-order valence-corrected chi connectivity index (χ1v) is 6.96. The molecule has 0 aliphatic rings. The fourth-order valence-electron chi connectivity index (χ4n) is 2.44. The molecule has 3 heteroatoms. The highest BCUT2D eigenvalue weighted by Gasteiger charge is 2.38. The SMILES string of the molecule is CCCC(CN)(CCC)C(=O)N(C)C(C)CC.